The largest absolute Gasteiger partial charge is 0.330 e. The number of para-hydroxylation sites is 1. The molecule has 0 heterocycles. The summed E-state index contributed by atoms with van der Waals surface area (Å²) in [5, 5.41) is 2.98. The van der Waals surface area contributed by atoms with E-state index >= 15 is 0 Å². The molecule has 0 aromatic heterocycles. The van der Waals surface area contributed by atoms with Gasteiger partial charge < -0.3 is 11.1 Å². The van der Waals surface area contributed by atoms with Crippen LogP contribution in [0.2, 0.25) is 0 Å². The third-order valence-corrected chi connectivity index (χ3v) is 3.97. The Labute approximate surface area is 119 Å². The first-order valence-corrected chi connectivity index (χ1v) is 7.42. The Morgan fingerprint density at radius 2 is 2.16 bits per heavy atom. The summed E-state index contributed by atoms with van der Waals surface area (Å²) in [4.78, 5) is 13.2. The van der Waals surface area contributed by atoms with E-state index in [0.29, 0.717) is 6.54 Å². The summed E-state index contributed by atoms with van der Waals surface area (Å²) in [7, 11) is 0. The molecule has 0 aliphatic carbocycles. The molecular formula is C15H22N2OS. The average Bonchev–Trinajstić information content (AvgIpc) is 2.38. The third kappa shape index (κ3) is 4.73. The van der Waals surface area contributed by atoms with Crippen molar-refractivity contribution < 1.29 is 4.79 Å². The summed E-state index contributed by atoms with van der Waals surface area (Å²) < 4.78 is 0. The van der Waals surface area contributed by atoms with E-state index in [1.807, 2.05) is 44.2 Å². The highest BCUT2D eigenvalue weighted by Crippen LogP contribution is 2.27. The van der Waals surface area contributed by atoms with Crippen molar-refractivity contribution >= 4 is 23.4 Å². The highest BCUT2D eigenvalue weighted by molar-refractivity contribution is 7.99. The predicted molar refractivity (Wildman–Crippen MR) is 83.4 cm³/mol. The van der Waals surface area contributed by atoms with Gasteiger partial charge in [-0.1, -0.05) is 32.1 Å². The maximum atomic E-state index is 12.2. The number of benzene rings is 1. The van der Waals surface area contributed by atoms with Crippen LogP contribution in [0.25, 0.3) is 0 Å². The molecule has 0 spiro atoms. The number of carbonyl (C=O) groups is 1. The van der Waals surface area contributed by atoms with Gasteiger partial charge in [-0.15, -0.1) is 18.3 Å². The van der Waals surface area contributed by atoms with Gasteiger partial charge in [0.05, 0.1) is 11.6 Å². The molecule has 19 heavy (non-hydrogen) atoms. The lowest BCUT2D eigenvalue weighted by atomic mass is 9.95. The first-order valence-electron chi connectivity index (χ1n) is 6.43. The molecule has 1 aromatic rings. The summed E-state index contributed by atoms with van der Waals surface area (Å²) in [6.07, 6.45) is 1.85. The van der Waals surface area contributed by atoms with Crippen LogP contribution in [0.5, 0.6) is 0 Å². The van der Waals surface area contributed by atoms with E-state index in [1.165, 1.54) is 0 Å². The van der Waals surface area contributed by atoms with Crippen LogP contribution in [-0.4, -0.2) is 18.2 Å². The predicted octanol–water partition coefficient (Wildman–Crippen LogP) is 3.13. The number of hydrogen-bond donors (Lipinski definition) is 2. The molecule has 0 bridgehead atoms. The highest BCUT2D eigenvalue weighted by Gasteiger charge is 2.21. The number of thioether (sulfide) groups is 1. The molecule has 1 rings (SSSR count). The molecule has 1 atom stereocenters. The standard InChI is InChI=1S/C15H22N2OS/c1-4-9-19-14-8-6-5-7-13(14)17-15(18)12(10-16)11(2)3/h4-8,11-12H,1,9-10,16H2,2-3H3,(H,17,18). The molecule has 4 heteroatoms. The monoisotopic (exact) mass is 278 g/mol. The molecule has 1 aromatic carbocycles. The number of nitrogens with two attached hydrogens (primary N) is 1. The Morgan fingerprint density at radius 1 is 1.47 bits per heavy atom. The minimum atomic E-state index is -0.155. The van der Waals surface area contributed by atoms with Crippen molar-refractivity contribution in [3.8, 4) is 0 Å². The second kappa shape index (κ2) is 8.02. The van der Waals surface area contributed by atoms with Gasteiger partial charge in [-0.2, -0.15) is 0 Å². The molecule has 1 unspecified atom stereocenters. The molecule has 3 N–H and O–H groups in total. The molecule has 0 aliphatic heterocycles. The maximum absolute atomic E-state index is 12.2. The second-order valence-electron chi connectivity index (χ2n) is 4.67. The molecule has 104 valence electrons. The van der Waals surface area contributed by atoms with E-state index in [9.17, 15) is 4.79 Å². The van der Waals surface area contributed by atoms with Gasteiger partial charge in [0.2, 0.25) is 5.91 Å². The maximum Gasteiger partial charge on any atom is 0.229 e. The lowest BCUT2D eigenvalue weighted by molar-refractivity contribution is -0.120. The van der Waals surface area contributed by atoms with Gasteiger partial charge in [-0.05, 0) is 18.1 Å². The molecule has 0 fully saturated rings. The van der Waals surface area contributed by atoms with Crippen LogP contribution in [0.1, 0.15) is 13.8 Å². The van der Waals surface area contributed by atoms with Crippen LogP contribution in [0.15, 0.2) is 41.8 Å². The minimum absolute atomic E-state index is 0.0100. The fourth-order valence-electron chi connectivity index (χ4n) is 1.75. The number of hydrogen-bond acceptors (Lipinski definition) is 3. The minimum Gasteiger partial charge on any atom is -0.330 e. The molecule has 0 saturated carbocycles. The lowest BCUT2D eigenvalue weighted by Gasteiger charge is -2.19. The topological polar surface area (TPSA) is 55.1 Å². The van der Waals surface area contributed by atoms with Crippen molar-refractivity contribution in [2.45, 2.75) is 18.7 Å². The van der Waals surface area contributed by atoms with Crippen molar-refractivity contribution in [2.75, 3.05) is 17.6 Å². The zero-order valence-electron chi connectivity index (χ0n) is 11.6. The van der Waals surface area contributed by atoms with Gasteiger partial charge in [-0.3, -0.25) is 4.79 Å². The Kier molecular flexibility index (Phi) is 6.67. The van der Waals surface area contributed by atoms with Crippen LogP contribution in [0.4, 0.5) is 5.69 Å². The molecule has 3 nitrogen and oxygen atoms in total. The Morgan fingerprint density at radius 3 is 2.74 bits per heavy atom. The van der Waals surface area contributed by atoms with Gasteiger partial charge in [0.1, 0.15) is 0 Å². The van der Waals surface area contributed by atoms with Crippen LogP contribution >= 0.6 is 11.8 Å². The van der Waals surface area contributed by atoms with Crippen LogP contribution in [0.3, 0.4) is 0 Å². The summed E-state index contributed by atoms with van der Waals surface area (Å²) in [5.74, 6) is 0.886. The second-order valence-corrected chi connectivity index (χ2v) is 5.73. The van der Waals surface area contributed by atoms with E-state index in [0.717, 1.165) is 16.3 Å². The van der Waals surface area contributed by atoms with Crippen LogP contribution < -0.4 is 11.1 Å². The van der Waals surface area contributed by atoms with Gasteiger partial charge in [-0.25, -0.2) is 0 Å². The quantitative estimate of drug-likeness (QED) is 0.595. The normalized spacial score (nSPS) is 12.2. The zero-order chi connectivity index (χ0) is 14.3. The molecule has 0 aliphatic rings. The average molecular weight is 278 g/mol. The number of carbonyl (C=O) groups excluding carboxylic acids is 1. The van der Waals surface area contributed by atoms with E-state index in [-0.39, 0.29) is 17.7 Å². The summed E-state index contributed by atoms with van der Waals surface area (Å²) in [5.41, 5.74) is 6.51. The fourth-order valence-corrected chi connectivity index (χ4v) is 2.50. The number of nitrogens with one attached hydrogen (secondary N) is 1. The SMILES string of the molecule is C=CCSc1ccccc1NC(=O)C(CN)C(C)C. The summed E-state index contributed by atoms with van der Waals surface area (Å²) >= 11 is 1.65. The van der Waals surface area contributed by atoms with E-state index < -0.39 is 0 Å². The fraction of sp³-hybridized carbons (Fsp3) is 0.400. The highest BCUT2D eigenvalue weighted by atomic mass is 32.2. The lowest BCUT2D eigenvalue weighted by Crippen LogP contribution is -2.33. The first-order chi connectivity index (χ1) is 9.10. The Balaban J connectivity index is 2.80. The van der Waals surface area contributed by atoms with Crippen molar-refractivity contribution in [3.63, 3.8) is 0 Å². The number of anilines is 1. The van der Waals surface area contributed by atoms with Gasteiger partial charge in [0.15, 0.2) is 0 Å². The zero-order valence-corrected chi connectivity index (χ0v) is 12.4. The van der Waals surface area contributed by atoms with Gasteiger partial charge in [0.25, 0.3) is 0 Å². The van der Waals surface area contributed by atoms with E-state index in [1.54, 1.807) is 11.8 Å². The molecular weight excluding hydrogens is 256 g/mol. The summed E-state index contributed by atoms with van der Waals surface area (Å²) in [6, 6.07) is 7.79. The van der Waals surface area contributed by atoms with E-state index in [2.05, 4.69) is 11.9 Å². The smallest absolute Gasteiger partial charge is 0.229 e. The van der Waals surface area contributed by atoms with Crippen molar-refractivity contribution in [2.24, 2.45) is 17.6 Å². The van der Waals surface area contributed by atoms with E-state index in [4.69, 9.17) is 5.73 Å². The van der Waals surface area contributed by atoms with Gasteiger partial charge >= 0.3 is 0 Å². The molecule has 0 radical (unpaired) electrons. The van der Waals surface area contributed by atoms with Crippen LogP contribution in [-0.2, 0) is 4.79 Å². The van der Waals surface area contributed by atoms with Crippen molar-refractivity contribution in [3.05, 3.63) is 36.9 Å². The van der Waals surface area contributed by atoms with Crippen molar-refractivity contribution in [1.29, 1.82) is 0 Å². The Hall–Kier alpha value is -1.26. The van der Waals surface area contributed by atoms with Crippen LogP contribution in [0, 0.1) is 11.8 Å². The summed E-state index contributed by atoms with van der Waals surface area (Å²) in [6.45, 7) is 8.09. The van der Waals surface area contributed by atoms with Gasteiger partial charge in [0, 0.05) is 17.2 Å². The number of amides is 1. The third-order valence-electron chi connectivity index (χ3n) is 2.90. The first kappa shape index (κ1) is 15.8. The molecule has 0 saturated heterocycles. The molecule has 1 amide bonds. The number of rotatable bonds is 7. The van der Waals surface area contributed by atoms with Crippen molar-refractivity contribution in [1.82, 2.24) is 0 Å². The Bertz CT molecular complexity index is 432.